The zero-order valence-electron chi connectivity index (χ0n) is 9.36. The molecule has 1 atom stereocenters. The summed E-state index contributed by atoms with van der Waals surface area (Å²) >= 11 is 0. The van der Waals surface area contributed by atoms with E-state index in [1.54, 1.807) is 0 Å². The highest BCUT2D eigenvalue weighted by Crippen LogP contribution is 2.15. The summed E-state index contributed by atoms with van der Waals surface area (Å²) in [5.41, 5.74) is -0.214. The molecular weight excluding hydrogens is 250 g/mol. The van der Waals surface area contributed by atoms with E-state index < -0.39 is 27.6 Å². The Bertz CT molecular complexity index is 465. The molecule has 1 unspecified atom stereocenters. The van der Waals surface area contributed by atoms with Gasteiger partial charge in [0.25, 0.3) is 0 Å². The maximum Gasteiger partial charge on any atom is 0.147 e. The largest absolute Gasteiger partial charge is 0.393 e. The van der Waals surface area contributed by atoms with Gasteiger partial charge in [-0.05, 0) is 18.6 Å². The number of benzene rings is 1. The Morgan fingerprint density at radius 3 is 2.29 bits per heavy atom. The van der Waals surface area contributed by atoms with Crippen molar-refractivity contribution in [2.45, 2.75) is 18.9 Å². The predicted octanol–water partition coefficient (Wildman–Crippen LogP) is 1.30. The van der Waals surface area contributed by atoms with Crippen LogP contribution in [-0.2, 0) is 16.3 Å². The molecule has 0 amide bonds. The third-order valence-corrected chi connectivity index (χ3v) is 3.30. The van der Waals surface area contributed by atoms with Crippen molar-refractivity contribution in [1.82, 2.24) is 0 Å². The molecular formula is C11H14F2O3S. The van der Waals surface area contributed by atoms with E-state index in [0.717, 1.165) is 18.4 Å². The third kappa shape index (κ3) is 4.79. The van der Waals surface area contributed by atoms with E-state index in [0.29, 0.717) is 0 Å². The van der Waals surface area contributed by atoms with Gasteiger partial charge in [-0.1, -0.05) is 6.07 Å². The SMILES string of the molecule is CS(=O)(=O)CCC(O)Cc1c(F)cccc1F. The fourth-order valence-corrected chi connectivity index (χ4v) is 2.12. The minimum Gasteiger partial charge on any atom is -0.393 e. The Labute approximate surface area is 99.0 Å². The lowest BCUT2D eigenvalue weighted by Gasteiger charge is -2.11. The predicted molar refractivity (Wildman–Crippen MR) is 60.4 cm³/mol. The van der Waals surface area contributed by atoms with Gasteiger partial charge < -0.3 is 5.11 Å². The van der Waals surface area contributed by atoms with Crippen molar-refractivity contribution in [3.05, 3.63) is 35.4 Å². The van der Waals surface area contributed by atoms with Crippen molar-refractivity contribution in [2.24, 2.45) is 0 Å². The summed E-state index contributed by atoms with van der Waals surface area (Å²) < 4.78 is 48.2. The van der Waals surface area contributed by atoms with E-state index >= 15 is 0 Å². The molecule has 0 radical (unpaired) electrons. The topological polar surface area (TPSA) is 54.4 Å². The van der Waals surface area contributed by atoms with Gasteiger partial charge in [-0.3, -0.25) is 0 Å². The molecule has 0 saturated carbocycles. The summed E-state index contributed by atoms with van der Waals surface area (Å²) in [5.74, 6) is -1.67. The highest BCUT2D eigenvalue weighted by atomic mass is 32.2. The van der Waals surface area contributed by atoms with E-state index in [1.165, 1.54) is 6.07 Å². The van der Waals surface area contributed by atoms with Gasteiger partial charge in [0.1, 0.15) is 21.5 Å². The van der Waals surface area contributed by atoms with Crippen molar-refractivity contribution in [3.63, 3.8) is 0 Å². The minimum atomic E-state index is -3.18. The molecule has 6 heteroatoms. The molecule has 0 heterocycles. The molecule has 0 saturated heterocycles. The lowest BCUT2D eigenvalue weighted by molar-refractivity contribution is 0.169. The van der Waals surface area contributed by atoms with Crippen LogP contribution in [0.15, 0.2) is 18.2 Å². The fraction of sp³-hybridized carbons (Fsp3) is 0.455. The number of rotatable bonds is 5. The quantitative estimate of drug-likeness (QED) is 0.872. The zero-order chi connectivity index (χ0) is 13.1. The van der Waals surface area contributed by atoms with Gasteiger partial charge in [0, 0.05) is 18.2 Å². The molecule has 1 aromatic carbocycles. The van der Waals surface area contributed by atoms with E-state index in [4.69, 9.17) is 0 Å². The second-order valence-electron chi connectivity index (χ2n) is 3.98. The van der Waals surface area contributed by atoms with Crippen LogP contribution in [0.5, 0.6) is 0 Å². The van der Waals surface area contributed by atoms with Crippen molar-refractivity contribution in [3.8, 4) is 0 Å². The van der Waals surface area contributed by atoms with Crippen molar-refractivity contribution in [1.29, 1.82) is 0 Å². The summed E-state index contributed by atoms with van der Waals surface area (Å²) in [6.07, 6.45) is -0.291. The maximum atomic E-state index is 13.2. The minimum absolute atomic E-state index is 0.0351. The average molecular weight is 264 g/mol. The first-order valence-electron chi connectivity index (χ1n) is 5.08. The van der Waals surface area contributed by atoms with Gasteiger partial charge in [0.2, 0.25) is 0 Å². The van der Waals surface area contributed by atoms with Crippen LogP contribution in [-0.4, -0.2) is 31.6 Å². The van der Waals surface area contributed by atoms with Gasteiger partial charge in [0.15, 0.2) is 0 Å². The molecule has 1 N–H and O–H groups in total. The van der Waals surface area contributed by atoms with Crippen molar-refractivity contribution >= 4 is 9.84 Å². The van der Waals surface area contributed by atoms with Crippen LogP contribution in [0.3, 0.4) is 0 Å². The molecule has 1 rings (SSSR count). The summed E-state index contributed by atoms with van der Waals surface area (Å²) in [6.45, 7) is 0. The van der Waals surface area contributed by atoms with E-state index in [9.17, 15) is 22.3 Å². The molecule has 0 aliphatic heterocycles. The molecule has 1 aromatic rings. The monoisotopic (exact) mass is 264 g/mol. The Balaban J connectivity index is 2.65. The highest BCUT2D eigenvalue weighted by Gasteiger charge is 2.15. The Hall–Kier alpha value is -1.01. The van der Waals surface area contributed by atoms with Crippen LogP contribution in [0.25, 0.3) is 0 Å². The van der Waals surface area contributed by atoms with Crippen LogP contribution in [0.4, 0.5) is 8.78 Å². The second-order valence-corrected chi connectivity index (χ2v) is 6.24. The van der Waals surface area contributed by atoms with Crippen molar-refractivity contribution < 1.29 is 22.3 Å². The van der Waals surface area contributed by atoms with Crippen LogP contribution in [0, 0.1) is 11.6 Å². The molecule has 0 aliphatic carbocycles. The lowest BCUT2D eigenvalue weighted by Crippen LogP contribution is -2.17. The second kappa shape index (κ2) is 5.55. The molecule has 0 aromatic heterocycles. The first kappa shape index (κ1) is 14.1. The van der Waals surface area contributed by atoms with Gasteiger partial charge in [-0.15, -0.1) is 0 Å². The number of sulfone groups is 1. The van der Waals surface area contributed by atoms with Crippen LogP contribution >= 0.6 is 0 Å². The first-order chi connectivity index (χ1) is 7.79. The van der Waals surface area contributed by atoms with Crippen LogP contribution in [0.2, 0.25) is 0 Å². The maximum absolute atomic E-state index is 13.2. The van der Waals surface area contributed by atoms with Gasteiger partial charge >= 0.3 is 0 Å². The molecule has 17 heavy (non-hydrogen) atoms. The standard InChI is InChI=1S/C11H14F2O3S/c1-17(15,16)6-5-8(14)7-9-10(12)3-2-4-11(9)13/h2-4,8,14H,5-7H2,1H3. The zero-order valence-corrected chi connectivity index (χ0v) is 10.2. The fourth-order valence-electron chi connectivity index (χ4n) is 1.42. The Morgan fingerprint density at radius 1 is 1.29 bits per heavy atom. The Morgan fingerprint density at radius 2 is 1.82 bits per heavy atom. The van der Waals surface area contributed by atoms with E-state index in [2.05, 4.69) is 0 Å². The summed E-state index contributed by atoms with van der Waals surface area (Å²) in [6, 6.07) is 3.43. The number of hydrogen-bond acceptors (Lipinski definition) is 3. The van der Waals surface area contributed by atoms with Crippen LogP contribution < -0.4 is 0 Å². The summed E-state index contributed by atoms with van der Waals surface area (Å²) in [5, 5.41) is 9.52. The van der Waals surface area contributed by atoms with Gasteiger partial charge in [-0.25, -0.2) is 17.2 Å². The first-order valence-corrected chi connectivity index (χ1v) is 7.14. The van der Waals surface area contributed by atoms with E-state index in [-0.39, 0.29) is 24.2 Å². The normalized spacial score (nSPS) is 13.6. The van der Waals surface area contributed by atoms with Crippen molar-refractivity contribution in [2.75, 3.05) is 12.0 Å². The molecule has 0 bridgehead atoms. The number of aliphatic hydroxyl groups excluding tert-OH is 1. The molecule has 0 aliphatic rings. The number of hydrogen-bond donors (Lipinski definition) is 1. The average Bonchev–Trinajstić information content (AvgIpc) is 2.20. The Kier molecular flexibility index (Phi) is 4.59. The van der Waals surface area contributed by atoms with Gasteiger partial charge in [-0.2, -0.15) is 0 Å². The molecule has 3 nitrogen and oxygen atoms in total. The van der Waals surface area contributed by atoms with E-state index in [1.807, 2.05) is 0 Å². The molecule has 96 valence electrons. The van der Waals surface area contributed by atoms with Gasteiger partial charge in [0.05, 0.1) is 11.9 Å². The highest BCUT2D eigenvalue weighted by molar-refractivity contribution is 7.90. The summed E-state index contributed by atoms with van der Waals surface area (Å²) in [4.78, 5) is 0. The smallest absolute Gasteiger partial charge is 0.147 e. The lowest BCUT2D eigenvalue weighted by atomic mass is 10.1. The number of halogens is 2. The van der Waals surface area contributed by atoms with Crippen LogP contribution in [0.1, 0.15) is 12.0 Å². The third-order valence-electron chi connectivity index (χ3n) is 2.32. The number of aliphatic hydroxyl groups is 1. The molecule has 0 fully saturated rings. The summed E-state index contributed by atoms with van der Waals surface area (Å²) in [7, 11) is -3.18. The molecule has 0 spiro atoms.